The van der Waals surface area contributed by atoms with Crippen LogP contribution in [0.2, 0.25) is 0 Å². The molecular weight excluding hydrogens is 520 g/mol. The zero-order valence-corrected chi connectivity index (χ0v) is 25.8. The van der Waals surface area contributed by atoms with Gasteiger partial charge in [-0.3, -0.25) is 4.79 Å². The molecule has 3 N–H and O–H groups in total. The Bertz CT molecular complexity index is 1240. The summed E-state index contributed by atoms with van der Waals surface area (Å²) in [6, 6.07) is 7.87. The van der Waals surface area contributed by atoms with E-state index in [0.29, 0.717) is 35.7 Å². The van der Waals surface area contributed by atoms with Gasteiger partial charge in [-0.2, -0.15) is 0 Å². The number of anilines is 3. The molecule has 41 heavy (non-hydrogen) atoms. The number of phenolic OH excluding ortho intramolecular Hbond substituents is 3. The quantitative estimate of drug-likeness (QED) is 0.224. The minimum atomic E-state index is -0.209. The Balaban J connectivity index is 1.78. The molecule has 1 amide bonds. The van der Waals surface area contributed by atoms with Crippen molar-refractivity contribution < 1.29 is 29.6 Å². The Morgan fingerprint density at radius 2 is 1.66 bits per heavy atom. The van der Waals surface area contributed by atoms with E-state index in [2.05, 4.69) is 27.7 Å². The van der Waals surface area contributed by atoms with Crippen molar-refractivity contribution in [1.82, 2.24) is 0 Å². The number of nitrogens with zero attached hydrogens (tertiary/aromatic N) is 2. The third kappa shape index (κ3) is 7.95. The van der Waals surface area contributed by atoms with Gasteiger partial charge in [0, 0.05) is 39.4 Å². The molecule has 0 saturated heterocycles. The standard InChI is InChI=1S/C33H48N2O6/c1-8-34-30-24(13-9-14-27(30)37)20-29(39)35(26-21-25(36)22-28(38)31(26)34)19-15-23(2)12-10-17-33(5,41-7)18-11-16-32(3,4)40-6/h9,13-15,21-22,36-38H,8,10-12,16-20H2,1-7H3/b23-15+. The molecule has 1 heterocycles. The zero-order valence-electron chi connectivity index (χ0n) is 25.8. The predicted octanol–water partition coefficient (Wildman–Crippen LogP) is 6.97. The molecule has 2 aromatic carbocycles. The summed E-state index contributed by atoms with van der Waals surface area (Å²) in [6.07, 6.45) is 7.79. The minimum absolute atomic E-state index is 0.0326. The molecule has 0 bridgehead atoms. The van der Waals surface area contributed by atoms with Crippen LogP contribution >= 0.6 is 0 Å². The number of amides is 1. The van der Waals surface area contributed by atoms with E-state index in [0.717, 1.165) is 44.1 Å². The minimum Gasteiger partial charge on any atom is -0.508 e. The maximum Gasteiger partial charge on any atom is 0.231 e. The lowest BCUT2D eigenvalue weighted by molar-refractivity contribution is -0.117. The van der Waals surface area contributed by atoms with Crippen LogP contribution in [0.3, 0.4) is 0 Å². The van der Waals surface area contributed by atoms with Gasteiger partial charge in [0.1, 0.15) is 22.9 Å². The Hall–Kier alpha value is -3.23. The summed E-state index contributed by atoms with van der Waals surface area (Å²) in [5, 5.41) is 32.0. The molecule has 3 rings (SSSR count). The van der Waals surface area contributed by atoms with Crippen LogP contribution in [0, 0.1) is 0 Å². The maximum atomic E-state index is 13.6. The zero-order chi connectivity index (χ0) is 30.4. The first-order valence-corrected chi connectivity index (χ1v) is 14.6. The normalized spacial score (nSPS) is 15.7. The second-order valence-electron chi connectivity index (χ2n) is 11.9. The average molecular weight is 569 g/mol. The summed E-state index contributed by atoms with van der Waals surface area (Å²) in [7, 11) is 3.52. The van der Waals surface area contributed by atoms with E-state index < -0.39 is 0 Å². The second kappa shape index (κ2) is 13.6. The number of allylic oxidation sites excluding steroid dienone is 1. The smallest absolute Gasteiger partial charge is 0.231 e. The highest BCUT2D eigenvalue weighted by atomic mass is 16.5. The van der Waals surface area contributed by atoms with Crippen LogP contribution in [0.25, 0.3) is 0 Å². The highest BCUT2D eigenvalue weighted by Gasteiger charge is 2.31. The number of fused-ring (bicyclic) bond motifs is 2. The third-order valence-electron chi connectivity index (χ3n) is 8.37. The molecule has 0 aliphatic carbocycles. The van der Waals surface area contributed by atoms with E-state index in [1.807, 2.05) is 19.1 Å². The molecule has 0 aromatic heterocycles. The summed E-state index contributed by atoms with van der Waals surface area (Å²) in [5.41, 5.74) is 2.74. The monoisotopic (exact) mass is 568 g/mol. The highest BCUT2D eigenvalue weighted by Crippen LogP contribution is 2.48. The fourth-order valence-corrected chi connectivity index (χ4v) is 5.53. The van der Waals surface area contributed by atoms with E-state index in [1.54, 1.807) is 36.2 Å². The van der Waals surface area contributed by atoms with Crippen molar-refractivity contribution in [2.45, 2.75) is 90.8 Å². The van der Waals surface area contributed by atoms with Crippen LogP contribution in [-0.4, -0.2) is 59.7 Å². The molecule has 8 nitrogen and oxygen atoms in total. The fourth-order valence-electron chi connectivity index (χ4n) is 5.53. The van der Waals surface area contributed by atoms with Crippen molar-refractivity contribution in [3.8, 4) is 17.2 Å². The maximum absolute atomic E-state index is 13.6. The predicted molar refractivity (Wildman–Crippen MR) is 165 cm³/mol. The van der Waals surface area contributed by atoms with Crippen molar-refractivity contribution in [3.05, 3.63) is 47.5 Å². The van der Waals surface area contributed by atoms with Crippen LogP contribution in [0.5, 0.6) is 17.2 Å². The van der Waals surface area contributed by atoms with E-state index >= 15 is 0 Å². The molecule has 0 spiro atoms. The lowest BCUT2D eigenvalue weighted by Gasteiger charge is -2.35. The van der Waals surface area contributed by atoms with Gasteiger partial charge in [0.2, 0.25) is 5.91 Å². The van der Waals surface area contributed by atoms with Gasteiger partial charge in [-0.25, -0.2) is 0 Å². The summed E-state index contributed by atoms with van der Waals surface area (Å²) < 4.78 is 11.4. The van der Waals surface area contributed by atoms with Gasteiger partial charge in [-0.05, 0) is 84.8 Å². The number of carbonyl (C=O) groups excluding carboxylic acids is 1. The highest BCUT2D eigenvalue weighted by molar-refractivity contribution is 6.03. The number of hydrogen-bond acceptors (Lipinski definition) is 7. The van der Waals surface area contributed by atoms with E-state index in [-0.39, 0.29) is 40.8 Å². The number of phenols is 3. The largest absolute Gasteiger partial charge is 0.508 e. The van der Waals surface area contributed by atoms with Gasteiger partial charge in [0.15, 0.2) is 0 Å². The molecule has 2 aromatic rings. The van der Waals surface area contributed by atoms with Gasteiger partial charge in [-0.15, -0.1) is 0 Å². The van der Waals surface area contributed by atoms with Crippen LogP contribution in [0.4, 0.5) is 17.1 Å². The third-order valence-corrected chi connectivity index (χ3v) is 8.37. The SMILES string of the molecule is CCN1c2c(O)cccc2CC(=O)N(C/C=C(\C)CCCC(C)(CCCC(C)(C)OC)OC)c2cc(O)cc(O)c21. The molecular formula is C33H48N2O6. The number of benzene rings is 2. The Labute approximate surface area is 245 Å². The molecule has 8 heteroatoms. The van der Waals surface area contributed by atoms with Gasteiger partial charge in [-0.1, -0.05) is 23.8 Å². The average Bonchev–Trinajstić information content (AvgIpc) is 2.90. The number of para-hydroxylation sites is 1. The molecule has 0 saturated carbocycles. The van der Waals surface area contributed by atoms with E-state index in [4.69, 9.17) is 9.47 Å². The van der Waals surface area contributed by atoms with Crippen molar-refractivity contribution in [2.24, 2.45) is 0 Å². The second-order valence-corrected chi connectivity index (χ2v) is 11.9. The molecule has 1 unspecified atom stereocenters. The number of carbonyl (C=O) groups is 1. The summed E-state index contributed by atoms with van der Waals surface area (Å²) in [6.45, 7) is 11.1. The van der Waals surface area contributed by atoms with E-state index in [9.17, 15) is 20.1 Å². The Kier molecular flexibility index (Phi) is 10.7. The molecule has 0 fully saturated rings. The number of aromatic hydroxyl groups is 3. The van der Waals surface area contributed by atoms with Gasteiger partial charge < -0.3 is 34.6 Å². The van der Waals surface area contributed by atoms with E-state index in [1.165, 1.54) is 12.1 Å². The number of rotatable bonds is 13. The van der Waals surface area contributed by atoms with Gasteiger partial charge in [0.25, 0.3) is 0 Å². The van der Waals surface area contributed by atoms with Crippen molar-refractivity contribution in [1.29, 1.82) is 0 Å². The number of ether oxygens (including phenoxy) is 2. The van der Waals surface area contributed by atoms with Gasteiger partial charge >= 0.3 is 0 Å². The molecule has 1 aliphatic rings. The Morgan fingerprint density at radius 1 is 0.951 bits per heavy atom. The summed E-state index contributed by atoms with van der Waals surface area (Å²) >= 11 is 0. The number of methoxy groups -OCH3 is 2. The first-order chi connectivity index (χ1) is 19.3. The van der Waals surface area contributed by atoms with Crippen LogP contribution < -0.4 is 9.80 Å². The molecule has 0 radical (unpaired) electrons. The molecule has 1 atom stereocenters. The van der Waals surface area contributed by atoms with Gasteiger partial charge in [0.05, 0.1) is 29.0 Å². The van der Waals surface area contributed by atoms with Crippen LogP contribution in [0.1, 0.15) is 78.7 Å². The lowest BCUT2D eigenvalue weighted by atomic mass is 9.89. The first kappa shape index (κ1) is 32.3. The Morgan fingerprint density at radius 3 is 2.32 bits per heavy atom. The summed E-state index contributed by atoms with van der Waals surface area (Å²) in [4.78, 5) is 17.0. The first-order valence-electron chi connectivity index (χ1n) is 14.6. The van der Waals surface area contributed by atoms with Crippen LogP contribution in [0.15, 0.2) is 42.0 Å². The molecule has 1 aliphatic heterocycles. The van der Waals surface area contributed by atoms with Crippen LogP contribution in [-0.2, 0) is 20.7 Å². The van der Waals surface area contributed by atoms with Crippen molar-refractivity contribution in [2.75, 3.05) is 37.1 Å². The number of hydrogen-bond donors (Lipinski definition) is 3. The molecule has 226 valence electrons. The topological polar surface area (TPSA) is 103 Å². The fraction of sp³-hybridized carbons (Fsp3) is 0.545. The van der Waals surface area contributed by atoms with Crippen molar-refractivity contribution >= 4 is 23.0 Å². The van der Waals surface area contributed by atoms with Crippen molar-refractivity contribution in [3.63, 3.8) is 0 Å². The lowest BCUT2D eigenvalue weighted by Crippen LogP contribution is -2.36. The summed E-state index contributed by atoms with van der Waals surface area (Å²) in [5.74, 6) is -0.454.